The Kier molecular flexibility index (Phi) is 8.85. The number of amides is 1. The molecule has 3 aromatic carbocycles. The van der Waals surface area contributed by atoms with Crippen LogP contribution in [0.4, 0.5) is 0 Å². The third-order valence-electron chi connectivity index (χ3n) is 5.60. The normalized spacial score (nSPS) is 13.1. The van der Waals surface area contributed by atoms with Crippen molar-refractivity contribution >= 4 is 15.9 Å². The van der Waals surface area contributed by atoms with Crippen LogP contribution in [0.5, 0.6) is 5.75 Å². The summed E-state index contributed by atoms with van der Waals surface area (Å²) < 4.78 is 34.5. The van der Waals surface area contributed by atoms with E-state index in [-0.39, 0.29) is 29.0 Å². The lowest BCUT2D eigenvalue weighted by atomic mass is 10.0. The van der Waals surface area contributed by atoms with E-state index >= 15 is 0 Å². The van der Waals surface area contributed by atoms with Gasteiger partial charge in [-0.2, -0.15) is 4.72 Å². The predicted octanol–water partition coefficient (Wildman–Crippen LogP) is 4.03. The molecule has 3 rings (SSSR count). The number of aryl methyl sites for hydroxylation is 2. The molecule has 0 fully saturated rings. The zero-order valence-electron chi connectivity index (χ0n) is 19.8. The summed E-state index contributed by atoms with van der Waals surface area (Å²) in [7, 11) is -2.59. The molecular weight excluding hydrogens is 448 g/mol. The van der Waals surface area contributed by atoms with E-state index in [1.54, 1.807) is 25.1 Å². The van der Waals surface area contributed by atoms with Gasteiger partial charge in [0, 0.05) is 6.04 Å². The molecule has 180 valence electrons. The molecule has 0 saturated carbocycles. The van der Waals surface area contributed by atoms with Gasteiger partial charge in [-0.1, -0.05) is 66.7 Å². The highest BCUT2D eigenvalue weighted by atomic mass is 32.2. The summed E-state index contributed by atoms with van der Waals surface area (Å²) in [6.45, 7) is 3.74. The number of benzene rings is 3. The molecule has 0 unspecified atom stereocenters. The average molecular weight is 481 g/mol. The Morgan fingerprint density at radius 3 is 2.18 bits per heavy atom. The molecule has 3 aromatic rings. The second kappa shape index (κ2) is 11.8. The number of rotatable bonds is 11. The second-order valence-corrected chi connectivity index (χ2v) is 10.1. The fourth-order valence-electron chi connectivity index (χ4n) is 3.73. The SMILES string of the molecule is COc1ccc(C)cc1S(=O)(=O)N[C@@H](Cc1ccccc1)C(=O)N[C@H](C)CCc1ccccc1. The number of ether oxygens (including phenoxy) is 1. The van der Waals surface area contributed by atoms with Crippen molar-refractivity contribution in [3.05, 3.63) is 95.6 Å². The van der Waals surface area contributed by atoms with Gasteiger partial charge in [-0.05, 0) is 61.9 Å². The third kappa shape index (κ3) is 7.17. The first-order chi connectivity index (χ1) is 16.3. The Labute approximate surface area is 202 Å². The van der Waals surface area contributed by atoms with Crippen LogP contribution in [-0.2, 0) is 27.7 Å². The number of sulfonamides is 1. The van der Waals surface area contributed by atoms with Gasteiger partial charge < -0.3 is 10.1 Å². The van der Waals surface area contributed by atoms with Crippen LogP contribution in [-0.4, -0.2) is 33.5 Å². The van der Waals surface area contributed by atoms with Crippen molar-refractivity contribution in [1.82, 2.24) is 10.0 Å². The van der Waals surface area contributed by atoms with Gasteiger partial charge in [0.25, 0.3) is 0 Å². The quantitative estimate of drug-likeness (QED) is 0.434. The topological polar surface area (TPSA) is 84.5 Å². The summed E-state index contributed by atoms with van der Waals surface area (Å²) in [6.07, 6.45) is 1.79. The maximum absolute atomic E-state index is 13.3. The molecule has 34 heavy (non-hydrogen) atoms. The standard InChI is InChI=1S/C27H32N2O4S/c1-20-14-17-25(33-3)26(18-20)34(31,32)29-24(19-23-12-8-5-9-13-23)27(30)28-21(2)15-16-22-10-6-4-7-11-22/h4-14,17-18,21,24,29H,15-16,19H2,1-3H3,(H,28,30)/t21-,24+/m1/s1. The molecule has 0 aliphatic heterocycles. The molecule has 0 aliphatic carbocycles. The minimum absolute atomic E-state index is 0.0120. The van der Waals surface area contributed by atoms with E-state index in [0.717, 1.165) is 24.0 Å². The lowest BCUT2D eigenvalue weighted by Crippen LogP contribution is -2.50. The summed E-state index contributed by atoms with van der Waals surface area (Å²) in [6, 6.07) is 23.3. The van der Waals surface area contributed by atoms with Crippen LogP contribution in [0, 0.1) is 6.92 Å². The Morgan fingerprint density at radius 2 is 1.56 bits per heavy atom. The van der Waals surface area contributed by atoms with E-state index in [0.29, 0.717) is 0 Å². The summed E-state index contributed by atoms with van der Waals surface area (Å²) in [5.74, 6) is -0.132. The first kappa shape index (κ1) is 25.5. The highest BCUT2D eigenvalue weighted by Gasteiger charge is 2.29. The van der Waals surface area contributed by atoms with Gasteiger partial charge in [0.1, 0.15) is 16.7 Å². The molecule has 0 radical (unpaired) electrons. The van der Waals surface area contributed by atoms with Crippen LogP contribution in [0.15, 0.2) is 83.8 Å². The molecule has 0 aromatic heterocycles. The smallest absolute Gasteiger partial charge is 0.244 e. The van der Waals surface area contributed by atoms with Crippen molar-refractivity contribution in [3.63, 3.8) is 0 Å². The molecule has 7 heteroatoms. The van der Waals surface area contributed by atoms with Crippen LogP contribution < -0.4 is 14.8 Å². The van der Waals surface area contributed by atoms with Crippen molar-refractivity contribution in [1.29, 1.82) is 0 Å². The Bertz CT molecular complexity index is 1180. The van der Waals surface area contributed by atoms with E-state index in [9.17, 15) is 13.2 Å². The van der Waals surface area contributed by atoms with Gasteiger partial charge in [0.2, 0.25) is 15.9 Å². The Balaban J connectivity index is 1.78. The first-order valence-electron chi connectivity index (χ1n) is 11.3. The third-order valence-corrected chi connectivity index (χ3v) is 7.10. The molecule has 0 saturated heterocycles. The Hall–Kier alpha value is -3.16. The minimum Gasteiger partial charge on any atom is -0.495 e. The summed E-state index contributed by atoms with van der Waals surface area (Å²) in [4.78, 5) is 13.2. The molecule has 2 N–H and O–H groups in total. The van der Waals surface area contributed by atoms with Gasteiger partial charge in [-0.3, -0.25) is 4.79 Å². The molecule has 0 heterocycles. The van der Waals surface area contributed by atoms with E-state index in [1.165, 1.54) is 12.7 Å². The van der Waals surface area contributed by atoms with Crippen molar-refractivity contribution in [2.75, 3.05) is 7.11 Å². The van der Waals surface area contributed by atoms with Crippen LogP contribution >= 0.6 is 0 Å². The van der Waals surface area contributed by atoms with Crippen molar-refractivity contribution in [2.45, 2.75) is 50.1 Å². The molecule has 2 atom stereocenters. The molecule has 0 aliphatic rings. The summed E-state index contributed by atoms with van der Waals surface area (Å²) >= 11 is 0. The van der Waals surface area contributed by atoms with E-state index < -0.39 is 16.1 Å². The van der Waals surface area contributed by atoms with Crippen LogP contribution in [0.1, 0.15) is 30.0 Å². The van der Waals surface area contributed by atoms with Crippen LogP contribution in [0.2, 0.25) is 0 Å². The fraction of sp³-hybridized carbons (Fsp3) is 0.296. The van der Waals surface area contributed by atoms with E-state index in [1.807, 2.05) is 55.5 Å². The maximum atomic E-state index is 13.3. The summed E-state index contributed by atoms with van der Waals surface area (Å²) in [5.41, 5.74) is 2.83. The number of carbonyl (C=O) groups is 1. The maximum Gasteiger partial charge on any atom is 0.244 e. The van der Waals surface area contributed by atoms with E-state index in [2.05, 4.69) is 22.2 Å². The number of methoxy groups -OCH3 is 1. The average Bonchev–Trinajstić information content (AvgIpc) is 2.83. The van der Waals surface area contributed by atoms with Crippen LogP contribution in [0.25, 0.3) is 0 Å². The number of hydrogen-bond donors (Lipinski definition) is 2. The first-order valence-corrected chi connectivity index (χ1v) is 12.8. The molecular formula is C27H32N2O4S. The molecule has 0 spiro atoms. The lowest BCUT2D eigenvalue weighted by molar-refractivity contribution is -0.123. The molecule has 6 nitrogen and oxygen atoms in total. The van der Waals surface area contributed by atoms with Gasteiger partial charge >= 0.3 is 0 Å². The van der Waals surface area contributed by atoms with Gasteiger partial charge in [0.05, 0.1) is 7.11 Å². The van der Waals surface area contributed by atoms with Crippen LogP contribution in [0.3, 0.4) is 0 Å². The molecule has 0 bridgehead atoms. The highest BCUT2D eigenvalue weighted by molar-refractivity contribution is 7.89. The molecule has 1 amide bonds. The zero-order valence-corrected chi connectivity index (χ0v) is 20.6. The fourth-order valence-corrected chi connectivity index (χ4v) is 5.18. The lowest BCUT2D eigenvalue weighted by Gasteiger charge is -2.22. The monoisotopic (exact) mass is 480 g/mol. The number of nitrogens with one attached hydrogen (secondary N) is 2. The summed E-state index contributed by atoms with van der Waals surface area (Å²) in [5, 5.41) is 2.99. The minimum atomic E-state index is -4.02. The second-order valence-electron chi connectivity index (χ2n) is 8.45. The van der Waals surface area contributed by atoms with Crippen molar-refractivity contribution in [2.24, 2.45) is 0 Å². The largest absolute Gasteiger partial charge is 0.495 e. The van der Waals surface area contributed by atoms with Gasteiger partial charge in [-0.15, -0.1) is 0 Å². The predicted molar refractivity (Wildman–Crippen MR) is 134 cm³/mol. The number of hydrogen-bond acceptors (Lipinski definition) is 4. The van der Waals surface area contributed by atoms with E-state index in [4.69, 9.17) is 4.74 Å². The number of carbonyl (C=O) groups excluding carboxylic acids is 1. The highest BCUT2D eigenvalue weighted by Crippen LogP contribution is 2.25. The van der Waals surface area contributed by atoms with Gasteiger partial charge in [0.15, 0.2) is 0 Å². The zero-order chi connectivity index (χ0) is 24.6. The van der Waals surface area contributed by atoms with Crippen molar-refractivity contribution < 1.29 is 17.9 Å². The Morgan fingerprint density at radius 1 is 0.941 bits per heavy atom. The van der Waals surface area contributed by atoms with Gasteiger partial charge in [-0.25, -0.2) is 8.42 Å². The van der Waals surface area contributed by atoms with Crippen molar-refractivity contribution in [3.8, 4) is 5.75 Å².